The lowest BCUT2D eigenvalue weighted by Crippen LogP contribution is -3.12. The highest BCUT2D eigenvalue weighted by atomic mass is 16.5. The van der Waals surface area contributed by atoms with Gasteiger partial charge in [-0.2, -0.15) is 0 Å². The number of Topliss-reactive ketones (excluding diaryl/α,β-unsaturated/α-hetero) is 1. The van der Waals surface area contributed by atoms with Crippen LogP contribution in [-0.2, 0) is 11.3 Å². The van der Waals surface area contributed by atoms with E-state index in [2.05, 4.69) is 5.32 Å². The maximum Gasteiger partial charge on any atom is 0.282 e. The molecule has 28 heavy (non-hydrogen) atoms. The number of methoxy groups -OCH3 is 1. The van der Waals surface area contributed by atoms with Crippen LogP contribution in [0.5, 0.6) is 11.5 Å². The van der Waals surface area contributed by atoms with Gasteiger partial charge >= 0.3 is 0 Å². The second-order valence-electron chi connectivity index (χ2n) is 6.79. The van der Waals surface area contributed by atoms with Crippen LogP contribution in [0.3, 0.4) is 0 Å². The van der Waals surface area contributed by atoms with Gasteiger partial charge in [-0.25, -0.2) is 0 Å². The van der Waals surface area contributed by atoms with Crippen molar-refractivity contribution < 1.29 is 24.0 Å². The summed E-state index contributed by atoms with van der Waals surface area (Å²) in [6.45, 7) is 6.54. The number of carbonyl (C=O) groups excluding carboxylic acids is 2. The molecule has 0 spiro atoms. The molecule has 2 aromatic rings. The van der Waals surface area contributed by atoms with E-state index < -0.39 is 0 Å². The Bertz CT molecular complexity index is 835. The van der Waals surface area contributed by atoms with Gasteiger partial charge in [0.1, 0.15) is 6.54 Å². The number of quaternary nitrogens is 1. The van der Waals surface area contributed by atoms with Crippen molar-refractivity contribution in [2.24, 2.45) is 0 Å². The number of ether oxygens (including phenoxy) is 2. The Morgan fingerprint density at radius 2 is 1.89 bits per heavy atom. The highest BCUT2D eigenvalue weighted by Crippen LogP contribution is 2.27. The van der Waals surface area contributed by atoms with E-state index in [1.54, 1.807) is 31.4 Å². The molecular formula is C22H29N2O4+. The number of likely N-dealkylation sites (N-methyl/N-ethyl adjacent to an activating group) is 1. The molecule has 6 heteroatoms. The Morgan fingerprint density at radius 3 is 2.54 bits per heavy atom. The fraction of sp³-hybridized carbons (Fsp3) is 0.364. The number of anilines is 1. The smallest absolute Gasteiger partial charge is 0.282 e. The summed E-state index contributed by atoms with van der Waals surface area (Å²) >= 11 is 0. The molecule has 0 aliphatic heterocycles. The molecule has 2 atom stereocenters. The predicted molar refractivity (Wildman–Crippen MR) is 109 cm³/mol. The molecule has 150 valence electrons. The van der Waals surface area contributed by atoms with Gasteiger partial charge in [-0.05, 0) is 51.1 Å². The fourth-order valence-electron chi connectivity index (χ4n) is 2.86. The van der Waals surface area contributed by atoms with E-state index >= 15 is 0 Å². The average molecular weight is 385 g/mol. The molecule has 0 fully saturated rings. The molecule has 0 saturated carbocycles. The largest absolute Gasteiger partial charge is 0.493 e. The number of ketones is 1. The van der Waals surface area contributed by atoms with E-state index in [0.29, 0.717) is 35.9 Å². The molecule has 0 heterocycles. The lowest BCUT2D eigenvalue weighted by Gasteiger charge is -2.22. The van der Waals surface area contributed by atoms with Gasteiger partial charge in [-0.15, -0.1) is 0 Å². The number of benzene rings is 2. The second kappa shape index (κ2) is 9.90. The highest BCUT2D eigenvalue weighted by molar-refractivity contribution is 5.97. The van der Waals surface area contributed by atoms with Crippen LogP contribution >= 0.6 is 0 Å². The topological polar surface area (TPSA) is 69.1 Å². The number of hydrogen-bond acceptors (Lipinski definition) is 4. The lowest BCUT2D eigenvalue weighted by molar-refractivity contribution is -0.907. The standard InChI is InChI=1S/C22H28N2O4/c1-6-28-20-11-10-17(12-21(20)27-5)14-24(4)15(2)22(26)23-19-9-7-8-18(13-19)16(3)25/h7-13,15H,6,14H2,1-5H3,(H,23,26)/p+1/t15-/m0/s1. The molecule has 0 bridgehead atoms. The summed E-state index contributed by atoms with van der Waals surface area (Å²) in [6, 6.07) is 12.5. The van der Waals surface area contributed by atoms with Crippen molar-refractivity contribution in [2.75, 3.05) is 26.1 Å². The normalized spacial score (nSPS) is 12.8. The number of amides is 1. The summed E-state index contributed by atoms with van der Waals surface area (Å²) in [4.78, 5) is 25.2. The minimum atomic E-state index is -0.279. The van der Waals surface area contributed by atoms with Crippen molar-refractivity contribution in [3.8, 4) is 11.5 Å². The zero-order valence-corrected chi connectivity index (χ0v) is 17.2. The third kappa shape index (κ3) is 5.57. The minimum absolute atomic E-state index is 0.0312. The maximum absolute atomic E-state index is 12.6. The highest BCUT2D eigenvalue weighted by Gasteiger charge is 2.22. The Morgan fingerprint density at radius 1 is 1.14 bits per heavy atom. The first-order valence-corrected chi connectivity index (χ1v) is 9.39. The summed E-state index contributed by atoms with van der Waals surface area (Å²) in [6.07, 6.45) is 0. The van der Waals surface area contributed by atoms with E-state index in [-0.39, 0.29) is 17.7 Å². The Balaban J connectivity index is 2.03. The first-order valence-electron chi connectivity index (χ1n) is 9.39. The average Bonchev–Trinajstić information content (AvgIpc) is 2.68. The van der Waals surface area contributed by atoms with Gasteiger partial charge in [0.2, 0.25) is 0 Å². The van der Waals surface area contributed by atoms with Crippen molar-refractivity contribution in [1.82, 2.24) is 0 Å². The molecule has 0 aromatic heterocycles. The summed E-state index contributed by atoms with van der Waals surface area (Å²) in [5, 5.41) is 2.90. The lowest BCUT2D eigenvalue weighted by atomic mass is 10.1. The van der Waals surface area contributed by atoms with E-state index in [1.165, 1.54) is 6.92 Å². The van der Waals surface area contributed by atoms with Crippen LogP contribution < -0.4 is 19.7 Å². The van der Waals surface area contributed by atoms with Crippen LogP contribution in [0.25, 0.3) is 0 Å². The SMILES string of the molecule is CCOc1ccc(C[NH+](C)[C@@H](C)C(=O)Nc2cccc(C(C)=O)c2)cc1OC. The van der Waals surface area contributed by atoms with E-state index in [4.69, 9.17) is 9.47 Å². The van der Waals surface area contributed by atoms with Gasteiger partial charge in [-0.3, -0.25) is 9.59 Å². The Labute approximate surface area is 166 Å². The third-order valence-electron chi connectivity index (χ3n) is 4.68. The van der Waals surface area contributed by atoms with Crippen LogP contribution in [-0.4, -0.2) is 38.5 Å². The fourth-order valence-corrected chi connectivity index (χ4v) is 2.86. The minimum Gasteiger partial charge on any atom is -0.493 e. The molecule has 2 rings (SSSR count). The van der Waals surface area contributed by atoms with Crippen molar-refractivity contribution in [2.45, 2.75) is 33.4 Å². The first kappa shape index (κ1) is 21.4. The predicted octanol–water partition coefficient (Wildman–Crippen LogP) is 2.34. The number of carbonyl (C=O) groups is 2. The van der Waals surface area contributed by atoms with Crippen LogP contribution in [0, 0.1) is 0 Å². The molecule has 0 aliphatic rings. The van der Waals surface area contributed by atoms with Crippen LogP contribution in [0.15, 0.2) is 42.5 Å². The van der Waals surface area contributed by atoms with Gasteiger partial charge in [-0.1, -0.05) is 12.1 Å². The molecule has 2 N–H and O–H groups in total. The zero-order chi connectivity index (χ0) is 20.7. The quantitative estimate of drug-likeness (QED) is 0.650. The first-order chi connectivity index (χ1) is 13.3. The summed E-state index contributed by atoms with van der Waals surface area (Å²) in [5.41, 5.74) is 2.25. The third-order valence-corrected chi connectivity index (χ3v) is 4.68. The van der Waals surface area contributed by atoms with E-state index in [0.717, 1.165) is 10.5 Å². The summed E-state index contributed by atoms with van der Waals surface area (Å²) < 4.78 is 10.9. The number of rotatable bonds is 9. The Hall–Kier alpha value is -2.86. The molecule has 6 nitrogen and oxygen atoms in total. The number of hydrogen-bond donors (Lipinski definition) is 2. The van der Waals surface area contributed by atoms with Gasteiger partial charge in [0.15, 0.2) is 23.3 Å². The monoisotopic (exact) mass is 385 g/mol. The maximum atomic E-state index is 12.6. The zero-order valence-electron chi connectivity index (χ0n) is 17.2. The molecule has 0 aliphatic carbocycles. The van der Waals surface area contributed by atoms with Crippen molar-refractivity contribution in [3.05, 3.63) is 53.6 Å². The van der Waals surface area contributed by atoms with Crippen LogP contribution in [0.2, 0.25) is 0 Å². The van der Waals surface area contributed by atoms with Crippen molar-refractivity contribution >= 4 is 17.4 Å². The molecular weight excluding hydrogens is 356 g/mol. The van der Waals surface area contributed by atoms with Crippen LogP contribution in [0.4, 0.5) is 5.69 Å². The van der Waals surface area contributed by atoms with Crippen molar-refractivity contribution in [3.63, 3.8) is 0 Å². The Kier molecular flexibility index (Phi) is 7.58. The molecule has 2 aromatic carbocycles. The molecule has 1 amide bonds. The van der Waals surface area contributed by atoms with Crippen LogP contribution in [0.1, 0.15) is 36.7 Å². The van der Waals surface area contributed by atoms with Crippen molar-refractivity contribution in [1.29, 1.82) is 0 Å². The van der Waals surface area contributed by atoms with E-state index in [9.17, 15) is 9.59 Å². The van der Waals surface area contributed by atoms with Gasteiger partial charge in [0.05, 0.1) is 20.8 Å². The van der Waals surface area contributed by atoms with E-state index in [1.807, 2.05) is 39.1 Å². The van der Waals surface area contributed by atoms with Gasteiger partial charge < -0.3 is 19.7 Å². The second-order valence-corrected chi connectivity index (χ2v) is 6.79. The van der Waals surface area contributed by atoms with Gasteiger partial charge in [0, 0.05) is 16.8 Å². The molecule has 1 unspecified atom stereocenters. The molecule has 0 saturated heterocycles. The summed E-state index contributed by atoms with van der Waals surface area (Å²) in [7, 11) is 3.59. The summed E-state index contributed by atoms with van der Waals surface area (Å²) in [5.74, 6) is 1.26. The van der Waals surface area contributed by atoms with Gasteiger partial charge in [0.25, 0.3) is 5.91 Å². The molecule has 0 radical (unpaired) electrons. The number of nitrogens with one attached hydrogen (secondary N) is 2.